The van der Waals surface area contributed by atoms with E-state index in [0.29, 0.717) is 0 Å². The van der Waals surface area contributed by atoms with Crippen LogP contribution in [0.15, 0.2) is 30.3 Å². The lowest BCUT2D eigenvalue weighted by Crippen LogP contribution is -2.57. The predicted octanol–water partition coefficient (Wildman–Crippen LogP) is 8.09. The predicted molar refractivity (Wildman–Crippen MR) is 137 cm³/mol. The first kappa shape index (κ1) is 28.2. The number of unbranched alkanes of at least 4 members (excludes halogenated alkanes) is 15. The third-order valence-corrected chi connectivity index (χ3v) is 6.50. The van der Waals surface area contributed by atoms with Gasteiger partial charge >= 0.3 is 12.1 Å². The van der Waals surface area contributed by atoms with Gasteiger partial charge < -0.3 is 5.11 Å². The van der Waals surface area contributed by atoms with E-state index in [9.17, 15) is 4.79 Å². The number of benzene rings is 1. The fourth-order valence-electron chi connectivity index (χ4n) is 4.33. The molecule has 1 rings (SSSR count). The zero-order chi connectivity index (χ0) is 23.5. The van der Waals surface area contributed by atoms with E-state index in [1.165, 1.54) is 89.9 Å². The molecule has 0 aliphatic carbocycles. The van der Waals surface area contributed by atoms with Crippen LogP contribution < -0.4 is 9.80 Å². The normalized spacial score (nSPS) is 12.9. The summed E-state index contributed by atoms with van der Waals surface area (Å²) in [5.74, 6) is 0.00431. The van der Waals surface area contributed by atoms with Gasteiger partial charge in [0.05, 0.1) is 13.6 Å². The van der Waals surface area contributed by atoms with Crippen LogP contribution in [0.5, 0.6) is 0 Å². The number of carbonyl (C=O) groups is 1. The molecule has 0 radical (unpaired) electrons. The summed E-state index contributed by atoms with van der Waals surface area (Å²) in [5, 5.41) is 19.6. The van der Waals surface area contributed by atoms with Crippen LogP contribution >= 0.6 is 0 Å². The third-order valence-electron chi connectivity index (χ3n) is 6.50. The summed E-state index contributed by atoms with van der Waals surface area (Å²) in [6, 6.07) is 9.74. The number of guanidine groups is 1. The van der Waals surface area contributed by atoms with E-state index in [2.05, 4.69) is 12.2 Å². The molecule has 1 amide bonds. The number of quaternary nitrogens is 1. The van der Waals surface area contributed by atoms with Crippen molar-refractivity contribution in [2.75, 3.05) is 13.6 Å². The van der Waals surface area contributed by atoms with Gasteiger partial charge in [0.15, 0.2) is 0 Å². The Morgan fingerprint density at radius 1 is 0.781 bits per heavy atom. The molecule has 0 saturated heterocycles. The van der Waals surface area contributed by atoms with Crippen LogP contribution in [0.1, 0.15) is 110 Å². The first-order valence-electron chi connectivity index (χ1n) is 13.0. The molecule has 0 spiro atoms. The molecule has 1 aromatic rings. The number of carboxylic acid groups (broad SMARTS) is 1. The van der Waals surface area contributed by atoms with Crippen molar-refractivity contribution in [3.8, 4) is 0 Å². The van der Waals surface area contributed by atoms with Crippen molar-refractivity contribution in [2.24, 2.45) is 0 Å². The maximum Gasteiger partial charge on any atom is 0.414 e. The van der Waals surface area contributed by atoms with Gasteiger partial charge in [0.1, 0.15) is 5.69 Å². The first-order chi connectivity index (χ1) is 15.5. The second kappa shape index (κ2) is 17.6. The van der Waals surface area contributed by atoms with E-state index in [-0.39, 0.29) is 10.4 Å². The largest absolute Gasteiger partial charge is 0.465 e. The van der Waals surface area contributed by atoms with Crippen molar-refractivity contribution >= 4 is 17.7 Å². The summed E-state index contributed by atoms with van der Waals surface area (Å²) in [7, 11) is 1.92. The summed E-state index contributed by atoms with van der Waals surface area (Å²) in [6.45, 7) is 3.00. The Balaban J connectivity index is 2.11. The Bertz CT molecular complexity index is 621. The van der Waals surface area contributed by atoms with Gasteiger partial charge in [0, 0.05) is 0 Å². The lowest BCUT2D eigenvalue weighted by molar-refractivity contribution is 0.198. The van der Waals surface area contributed by atoms with Gasteiger partial charge in [-0.25, -0.2) is 20.0 Å². The molecule has 1 atom stereocenters. The fraction of sp³-hybridized carbons (Fsp3) is 0.704. The number of hydrogen-bond acceptors (Lipinski definition) is 2. The lowest BCUT2D eigenvalue weighted by atomic mass is 10.0. The second-order valence-corrected chi connectivity index (χ2v) is 9.33. The highest BCUT2D eigenvalue weighted by Gasteiger charge is 2.32. The summed E-state index contributed by atoms with van der Waals surface area (Å²) in [5.41, 5.74) is 0.937. The maximum absolute atomic E-state index is 11.0. The van der Waals surface area contributed by atoms with Crippen LogP contribution in [0.3, 0.4) is 0 Å². The molecular weight excluding hydrogens is 398 g/mol. The number of amides is 1. The molecule has 5 nitrogen and oxygen atoms in total. The van der Waals surface area contributed by atoms with Crippen molar-refractivity contribution in [3.63, 3.8) is 0 Å². The molecule has 0 aliphatic heterocycles. The van der Waals surface area contributed by atoms with Gasteiger partial charge in [-0.05, 0) is 25.0 Å². The highest BCUT2D eigenvalue weighted by Crippen LogP contribution is 2.22. The molecule has 0 fully saturated rings. The quantitative estimate of drug-likeness (QED) is 0.0922. The molecule has 0 aromatic heterocycles. The fourth-order valence-corrected chi connectivity index (χ4v) is 4.33. The van der Waals surface area contributed by atoms with Gasteiger partial charge in [-0.2, -0.15) is 0 Å². The molecule has 1 unspecified atom stereocenters. The van der Waals surface area contributed by atoms with Crippen LogP contribution in [0.2, 0.25) is 0 Å². The SMILES string of the molecule is CCCCCCCCCCCCCCCCCC[N+](C)(C(=N)NC(=O)O)c1ccccc1. The molecule has 3 N–H and O–H groups in total. The van der Waals surface area contributed by atoms with E-state index in [1.54, 1.807) is 0 Å². The highest BCUT2D eigenvalue weighted by atomic mass is 16.4. The zero-order valence-corrected chi connectivity index (χ0v) is 20.7. The Hall–Kier alpha value is -1.88. The van der Waals surface area contributed by atoms with E-state index >= 15 is 0 Å². The minimum Gasteiger partial charge on any atom is -0.465 e. The standard InChI is InChI=1S/C27H47N3O2/c1-3-4-5-6-7-8-9-10-11-12-13-14-15-16-17-21-24-30(2,26(28)29-27(31)32)25-22-19-18-20-23-25/h18-20,22-23H,3-17,21,24H2,1-2H3,(H2-,28,29,31,32)/p+1. The third kappa shape index (κ3) is 12.2. The van der Waals surface area contributed by atoms with Gasteiger partial charge in [0.2, 0.25) is 0 Å². The Morgan fingerprint density at radius 2 is 1.19 bits per heavy atom. The molecule has 0 bridgehead atoms. The van der Waals surface area contributed by atoms with Crippen molar-refractivity contribution in [3.05, 3.63) is 30.3 Å². The van der Waals surface area contributed by atoms with Crippen molar-refractivity contribution in [1.29, 1.82) is 5.41 Å². The van der Waals surface area contributed by atoms with Crippen LogP contribution in [-0.4, -0.2) is 30.8 Å². The van der Waals surface area contributed by atoms with Gasteiger partial charge in [-0.3, -0.25) is 0 Å². The second-order valence-electron chi connectivity index (χ2n) is 9.33. The van der Waals surface area contributed by atoms with Gasteiger partial charge in [-0.1, -0.05) is 115 Å². The Kier molecular flexibility index (Phi) is 15.5. The van der Waals surface area contributed by atoms with Crippen LogP contribution in [0.4, 0.5) is 10.5 Å². The zero-order valence-electron chi connectivity index (χ0n) is 20.7. The topological polar surface area (TPSA) is 73.2 Å². The molecule has 0 saturated carbocycles. The van der Waals surface area contributed by atoms with Crippen molar-refractivity contribution in [1.82, 2.24) is 9.80 Å². The molecule has 182 valence electrons. The number of hydrogen-bond donors (Lipinski definition) is 3. The number of nitrogens with zero attached hydrogens (tertiary/aromatic N) is 1. The van der Waals surface area contributed by atoms with E-state index in [0.717, 1.165) is 25.1 Å². The van der Waals surface area contributed by atoms with E-state index in [4.69, 9.17) is 10.5 Å². The molecular formula is C27H48N3O2+. The molecule has 1 aromatic carbocycles. The Labute approximate surface area is 196 Å². The van der Waals surface area contributed by atoms with E-state index < -0.39 is 6.09 Å². The Morgan fingerprint density at radius 3 is 1.59 bits per heavy atom. The minimum atomic E-state index is -1.18. The monoisotopic (exact) mass is 446 g/mol. The summed E-state index contributed by atoms with van der Waals surface area (Å²) >= 11 is 0. The summed E-state index contributed by atoms with van der Waals surface area (Å²) in [4.78, 5) is 11.0. The van der Waals surface area contributed by atoms with Crippen molar-refractivity contribution < 1.29 is 9.90 Å². The summed E-state index contributed by atoms with van der Waals surface area (Å²) < 4.78 is 0.186. The average molecular weight is 447 g/mol. The molecule has 5 heteroatoms. The van der Waals surface area contributed by atoms with Crippen LogP contribution in [0.25, 0.3) is 0 Å². The number of nitrogens with one attached hydrogen (secondary N) is 2. The smallest absolute Gasteiger partial charge is 0.414 e. The summed E-state index contributed by atoms with van der Waals surface area (Å²) in [6.07, 6.45) is 20.1. The van der Waals surface area contributed by atoms with Gasteiger partial charge in [0.25, 0.3) is 0 Å². The molecule has 0 heterocycles. The van der Waals surface area contributed by atoms with Crippen LogP contribution in [-0.2, 0) is 0 Å². The lowest BCUT2D eigenvalue weighted by Gasteiger charge is -2.32. The highest BCUT2D eigenvalue weighted by molar-refractivity contribution is 5.97. The minimum absolute atomic E-state index is 0.00431. The maximum atomic E-state index is 11.0. The molecule has 32 heavy (non-hydrogen) atoms. The van der Waals surface area contributed by atoms with Crippen LogP contribution in [0, 0.1) is 5.41 Å². The van der Waals surface area contributed by atoms with E-state index in [1.807, 2.05) is 37.4 Å². The number of rotatable bonds is 18. The van der Waals surface area contributed by atoms with Crippen molar-refractivity contribution in [2.45, 2.75) is 110 Å². The average Bonchev–Trinajstić information content (AvgIpc) is 2.78. The number of para-hydroxylation sites is 1. The van der Waals surface area contributed by atoms with Gasteiger partial charge in [-0.15, -0.1) is 0 Å². The molecule has 0 aliphatic rings. The first-order valence-corrected chi connectivity index (χ1v) is 13.0.